The van der Waals surface area contributed by atoms with Crippen LogP contribution in [-0.2, 0) is 5.54 Å². The number of hydrogen-bond acceptors (Lipinski definition) is 3. The second kappa shape index (κ2) is 3.97. The van der Waals surface area contributed by atoms with Gasteiger partial charge in [0.25, 0.3) is 5.91 Å². The first-order chi connectivity index (χ1) is 8.59. The highest BCUT2D eigenvalue weighted by Gasteiger charge is 2.38. The van der Waals surface area contributed by atoms with Crippen LogP contribution >= 0.6 is 0 Å². The molecule has 0 saturated carbocycles. The molecule has 0 radical (unpaired) electrons. The van der Waals surface area contributed by atoms with Gasteiger partial charge in [0.2, 0.25) is 0 Å². The summed E-state index contributed by atoms with van der Waals surface area (Å²) in [7, 11) is 0. The number of carbonyl (C=O) groups is 1. The van der Waals surface area contributed by atoms with Gasteiger partial charge in [0.15, 0.2) is 0 Å². The third-order valence-corrected chi connectivity index (χ3v) is 3.91. The van der Waals surface area contributed by atoms with E-state index in [1.807, 2.05) is 26.1 Å². The fraction of sp³-hybridized carbons (Fsp3) is 0.571. The van der Waals surface area contributed by atoms with Crippen molar-refractivity contribution in [2.24, 2.45) is 0 Å². The van der Waals surface area contributed by atoms with Crippen molar-refractivity contribution in [1.29, 1.82) is 0 Å². The van der Waals surface area contributed by atoms with Gasteiger partial charge in [-0.15, -0.1) is 0 Å². The number of piperidine rings is 1. The van der Waals surface area contributed by atoms with E-state index < -0.39 is 0 Å². The molecule has 1 N–H and O–H groups in total. The fourth-order valence-corrected chi connectivity index (χ4v) is 2.95. The standard InChI is InChI=1S/C14H19N3O/c1-14(2)10-6-7-15-12(11(10)13(18)16-14)17-8-4-3-5-9-17/h6-7H,3-5,8-9H2,1-2H3,(H,16,18). The number of pyridine rings is 1. The topological polar surface area (TPSA) is 45.2 Å². The van der Waals surface area contributed by atoms with Crippen LogP contribution in [0, 0.1) is 0 Å². The highest BCUT2D eigenvalue weighted by molar-refractivity contribution is 6.04. The summed E-state index contributed by atoms with van der Waals surface area (Å²) < 4.78 is 0. The highest BCUT2D eigenvalue weighted by atomic mass is 16.2. The lowest BCUT2D eigenvalue weighted by atomic mass is 9.95. The molecule has 0 aliphatic carbocycles. The highest BCUT2D eigenvalue weighted by Crippen LogP contribution is 2.35. The minimum atomic E-state index is -0.278. The normalized spacial score (nSPS) is 21.7. The van der Waals surface area contributed by atoms with Gasteiger partial charge in [0, 0.05) is 19.3 Å². The molecule has 3 rings (SSSR count). The lowest BCUT2D eigenvalue weighted by molar-refractivity contribution is 0.0940. The minimum Gasteiger partial charge on any atom is -0.356 e. The fourth-order valence-electron chi connectivity index (χ4n) is 2.95. The van der Waals surface area contributed by atoms with E-state index in [2.05, 4.69) is 15.2 Å². The van der Waals surface area contributed by atoms with Gasteiger partial charge in [0.1, 0.15) is 5.82 Å². The number of aromatic nitrogens is 1. The zero-order valence-electron chi connectivity index (χ0n) is 11.0. The maximum absolute atomic E-state index is 12.2. The Morgan fingerprint density at radius 3 is 2.72 bits per heavy atom. The summed E-state index contributed by atoms with van der Waals surface area (Å²) in [4.78, 5) is 18.9. The first-order valence-corrected chi connectivity index (χ1v) is 6.66. The zero-order valence-corrected chi connectivity index (χ0v) is 11.0. The second-order valence-corrected chi connectivity index (χ2v) is 5.68. The largest absolute Gasteiger partial charge is 0.356 e. The Bertz CT molecular complexity index is 490. The van der Waals surface area contributed by atoms with E-state index in [0.29, 0.717) is 0 Å². The van der Waals surface area contributed by atoms with E-state index in [4.69, 9.17) is 0 Å². The monoisotopic (exact) mass is 245 g/mol. The molecule has 0 aromatic carbocycles. The van der Waals surface area contributed by atoms with E-state index in [1.165, 1.54) is 19.3 Å². The van der Waals surface area contributed by atoms with Crippen molar-refractivity contribution >= 4 is 11.7 Å². The Morgan fingerprint density at radius 2 is 2.00 bits per heavy atom. The molecule has 3 heterocycles. The Morgan fingerprint density at radius 1 is 1.28 bits per heavy atom. The molecule has 4 nitrogen and oxygen atoms in total. The molecule has 2 aliphatic heterocycles. The summed E-state index contributed by atoms with van der Waals surface area (Å²) >= 11 is 0. The second-order valence-electron chi connectivity index (χ2n) is 5.68. The first-order valence-electron chi connectivity index (χ1n) is 6.66. The summed E-state index contributed by atoms with van der Waals surface area (Å²) in [6, 6.07) is 1.96. The van der Waals surface area contributed by atoms with Crippen molar-refractivity contribution in [3.63, 3.8) is 0 Å². The molecule has 2 aliphatic rings. The number of nitrogens with one attached hydrogen (secondary N) is 1. The smallest absolute Gasteiger partial charge is 0.256 e. The number of fused-ring (bicyclic) bond motifs is 1. The van der Waals surface area contributed by atoms with Crippen molar-refractivity contribution in [2.45, 2.75) is 38.6 Å². The predicted octanol–water partition coefficient (Wildman–Crippen LogP) is 2.05. The summed E-state index contributed by atoms with van der Waals surface area (Å²) in [5.41, 5.74) is 1.58. The molecule has 18 heavy (non-hydrogen) atoms. The molecule has 1 aromatic heterocycles. The van der Waals surface area contributed by atoms with E-state index in [-0.39, 0.29) is 11.4 Å². The lowest BCUT2D eigenvalue weighted by Crippen LogP contribution is -2.33. The predicted molar refractivity (Wildman–Crippen MR) is 70.8 cm³/mol. The van der Waals surface area contributed by atoms with Crippen LogP contribution in [0.25, 0.3) is 0 Å². The molecular formula is C14H19N3O. The Balaban J connectivity index is 2.07. The third-order valence-electron chi connectivity index (χ3n) is 3.91. The average Bonchev–Trinajstić information content (AvgIpc) is 2.61. The Kier molecular flexibility index (Phi) is 2.54. The van der Waals surface area contributed by atoms with Crippen LogP contribution in [0.2, 0.25) is 0 Å². The molecule has 1 amide bonds. The quantitative estimate of drug-likeness (QED) is 0.823. The summed E-state index contributed by atoms with van der Waals surface area (Å²) in [6.07, 6.45) is 5.49. The molecular weight excluding hydrogens is 226 g/mol. The molecule has 0 spiro atoms. The van der Waals surface area contributed by atoms with Crippen molar-refractivity contribution in [2.75, 3.05) is 18.0 Å². The molecule has 0 atom stereocenters. The first kappa shape index (κ1) is 11.5. The Hall–Kier alpha value is -1.58. The van der Waals surface area contributed by atoms with Crippen LogP contribution in [0.15, 0.2) is 12.3 Å². The average molecular weight is 245 g/mol. The SMILES string of the molecule is CC1(C)NC(=O)c2c1ccnc2N1CCCCC1. The van der Waals surface area contributed by atoms with Crippen LogP contribution in [0.5, 0.6) is 0 Å². The summed E-state index contributed by atoms with van der Waals surface area (Å²) in [5.74, 6) is 0.888. The van der Waals surface area contributed by atoms with Gasteiger partial charge in [-0.2, -0.15) is 0 Å². The van der Waals surface area contributed by atoms with Gasteiger partial charge in [0.05, 0.1) is 11.1 Å². The number of amides is 1. The molecule has 0 bridgehead atoms. The van der Waals surface area contributed by atoms with Crippen LogP contribution < -0.4 is 10.2 Å². The molecule has 1 saturated heterocycles. The summed E-state index contributed by atoms with van der Waals surface area (Å²) in [6.45, 7) is 6.10. The number of rotatable bonds is 1. The van der Waals surface area contributed by atoms with Crippen molar-refractivity contribution in [3.8, 4) is 0 Å². The lowest BCUT2D eigenvalue weighted by Gasteiger charge is -2.29. The third kappa shape index (κ3) is 1.67. The molecule has 1 fully saturated rings. The molecule has 0 unspecified atom stereocenters. The minimum absolute atomic E-state index is 0.0173. The van der Waals surface area contributed by atoms with Gasteiger partial charge in [-0.1, -0.05) is 0 Å². The number of carbonyl (C=O) groups excluding carboxylic acids is 1. The van der Waals surface area contributed by atoms with E-state index in [1.54, 1.807) is 0 Å². The maximum atomic E-state index is 12.2. The van der Waals surface area contributed by atoms with Crippen molar-refractivity contribution < 1.29 is 4.79 Å². The Labute approximate surface area is 107 Å². The molecule has 1 aromatic rings. The van der Waals surface area contributed by atoms with Crippen molar-refractivity contribution in [1.82, 2.24) is 10.3 Å². The molecule has 4 heteroatoms. The van der Waals surface area contributed by atoms with Crippen LogP contribution in [0.1, 0.15) is 49.0 Å². The van der Waals surface area contributed by atoms with E-state index in [0.717, 1.165) is 30.0 Å². The number of nitrogens with zero attached hydrogens (tertiary/aromatic N) is 2. The van der Waals surface area contributed by atoms with E-state index >= 15 is 0 Å². The summed E-state index contributed by atoms with van der Waals surface area (Å²) in [5, 5.41) is 3.03. The number of anilines is 1. The van der Waals surface area contributed by atoms with Crippen LogP contribution in [0.4, 0.5) is 5.82 Å². The van der Waals surface area contributed by atoms with Gasteiger partial charge in [-0.3, -0.25) is 4.79 Å². The van der Waals surface area contributed by atoms with Gasteiger partial charge >= 0.3 is 0 Å². The van der Waals surface area contributed by atoms with Crippen LogP contribution in [0.3, 0.4) is 0 Å². The van der Waals surface area contributed by atoms with Crippen molar-refractivity contribution in [3.05, 3.63) is 23.4 Å². The van der Waals surface area contributed by atoms with E-state index in [9.17, 15) is 4.79 Å². The number of hydrogen-bond donors (Lipinski definition) is 1. The van der Waals surface area contributed by atoms with Gasteiger partial charge in [-0.25, -0.2) is 4.98 Å². The maximum Gasteiger partial charge on any atom is 0.256 e. The zero-order chi connectivity index (χ0) is 12.8. The molecule has 96 valence electrons. The van der Waals surface area contributed by atoms with Gasteiger partial charge < -0.3 is 10.2 Å². The van der Waals surface area contributed by atoms with Crippen LogP contribution in [-0.4, -0.2) is 24.0 Å². The van der Waals surface area contributed by atoms with Gasteiger partial charge in [-0.05, 0) is 44.7 Å².